The standard InChI is InChI=1S/C25H27NO3S/c1-15(2)29-19-8-4-16(5-9-19)18-12-22-25(23(27)13-18)21(14-24(28)26-22)17-6-10-20(30-3)11-7-17/h4-11,15,18,21H,12-14H2,1-3H3,(H,26,28). The van der Waals surface area contributed by atoms with E-state index < -0.39 is 0 Å². The number of ether oxygens (including phenoxy) is 1. The molecule has 2 aromatic carbocycles. The number of hydrogen-bond donors (Lipinski definition) is 1. The van der Waals surface area contributed by atoms with Crippen LogP contribution in [-0.4, -0.2) is 24.1 Å². The quantitative estimate of drug-likeness (QED) is 0.674. The molecule has 4 rings (SSSR count). The lowest BCUT2D eigenvalue weighted by atomic mass is 9.73. The Labute approximate surface area is 182 Å². The van der Waals surface area contributed by atoms with Gasteiger partial charge in [-0.15, -0.1) is 11.8 Å². The monoisotopic (exact) mass is 421 g/mol. The lowest BCUT2D eigenvalue weighted by molar-refractivity contribution is -0.122. The first-order valence-electron chi connectivity index (χ1n) is 10.4. The number of carbonyl (C=O) groups is 2. The third-order valence-electron chi connectivity index (χ3n) is 5.78. The third kappa shape index (κ3) is 4.31. The van der Waals surface area contributed by atoms with E-state index in [9.17, 15) is 9.59 Å². The van der Waals surface area contributed by atoms with Crippen molar-refractivity contribution in [2.24, 2.45) is 0 Å². The molecule has 4 nitrogen and oxygen atoms in total. The van der Waals surface area contributed by atoms with Crippen molar-refractivity contribution < 1.29 is 14.3 Å². The van der Waals surface area contributed by atoms with Crippen molar-refractivity contribution in [3.05, 3.63) is 70.9 Å². The number of amides is 1. The molecule has 2 atom stereocenters. The molecule has 5 heteroatoms. The van der Waals surface area contributed by atoms with Gasteiger partial charge in [-0.1, -0.05) is 24.3 Å². The van der Waals surface area contributed by atoms with Crippen LogP contribution in [0.1, 0.15) is 56.1 Å². The first-order valence-corrected chi connectivity index (χ1v) is 11.6. The smallest absolute Gasteiger partial charge is 0.225 e. The van der Waals surface area contributed by atoms with Crippen molar-refractivity contribution in [2.75, 3.05) is 6.26 Å². The van der Waals surface area contributed by atoms with Crippen molar-refractivity contribution in [1.29, 1.82) is 0 Å². The van der Waals surface area contributed by atoms with E-state index >= 15 is 0 Å². The number of ketones is 1. The van der Waals surface area contributed by atoms with Gasteiger partial charge in [-0.25, -0.2) is 0 Å². The Morgan fingerprint density at radius 3 is 2.23 bits per heavy atom. The minimum atomic E-state index is -0.153. The molecule has 30 heavy (non-hydrogen) atoms. The Bertz CT molecular complexity index is 976. The van der Waals surface area contributed by atoms with Crippen LogP contribution >= 0.6 is 11.8 Å². The number of hydrogen-bond acceptors (Lipinski definition) is 4. The van der Waals surface area contributed by atoms with E-state index in [1.807, 2.05) is 56.5 Å². The maximum atomic E-state index is 13.2. The lowest BCUT2D eigenvalue weighted by Crippen LogP contribution is -2.38. The van der Waals surface area contributed by atoms with Crippen LogP contribution in [-0.2, 0) is 9.59 Å². The second-order valence-electron chi connectivity index (χ2n) is 8.23. The molecule has 2 aromatic rings. The summed E-state index contributed by atoms with van der Waals surface area (Å²) in [6.07, 6.45) is 3.64. The van der Waals surface area contributed by atoms with Crippen molar-refractivity contribution in [3.8, 4) is 5.75 Å². The number of carbonyl (C=O) groups excluding carboxylic acids is 2. The molecule has 0 bridgehead atoms. The predicted octanol–water partition coefficient (Wildman–Crippen LogP) is 5.20. The molecule has 1 aliphatic carbocycles. The van der Waals surface area contributed by atoms with E-state index in [1.54, 1.807) is 11.8 Å². The fraction of sp³-hybridized carbons (Fsp3) is 0.360. The summed E-state index contributed by atoms with van der Waals surface area (Å²) in [5.74, 6) is 0.877. The Morgan fingerprint density at radius 2 is 1.60 bits per heavy atom. The van der Waals surface area contributed by atoms with Gasteiger partial charge in [-0.2, -0.15) is 0 Å². The van der Waals surface area contributed by atoms with Gasteiger partial charge in [0.1, 0.15) is 5.75 Å². The molecular weight excluding hydrogens is 394 g/mol. The maximum absolute atomic E-state index is 13.2. The van der Waals surface area contributed by atoms with Gasteiger partial charge in [-0.05, 0) is 67.8 Å². The van der Waals surface area contributed by atoms with E-state index in [2.05, 4.69) is 17.4 Å². The van der Waals surface area contributed by atoms with Crippen LogP contribution in [0.15, 0.2) is 64.7 Å². The summed E-state index contributed by atoms with van der Waals surface area (Å²) in [6.45, 7) is 4.00. The Hall–Kier alpha value is -2.53. The van der Waals surface area contributed by atoms with Gasteiger partial charge >= 0.3 is 0 Å². The van der Waals surface area contributed by atoms with Gasteiger partial charge in [-0.3, -0.25) is 9.59 Å². The van der Waals surface area contributed by atoms with E-state index in [0.717, 1.165) is 28.1 Å². The predicted molar refractivity (Wildman–Crippen MR) is 120 cm³/mol. The van der Waals surface area contributed by atoms with Gasteiger partial charge in [0.15, 0.2) is 5.78 Å². The highest BCUT2D eigenvalue weighted by Crippen LogP contribution is 2.42. The van der Waals surface area contributed by atoms with Crippen molar-refractivity contribution in [3.63, 3.8) is 0 Å². The first kappa shape index (κ1) is 20.7. The lowest BCUT2D eigenvalue weighted by Gasteiger charge is -2.34. The minimum absolute atomic E-state index is 0.0122. The van der Waals surface area contributed by atoms with E-state index in [1.165, 1.54) is 4.90 Å². The molecule has 1 amide bonds. The fourth-order valence-electron chi connectivity index (χ4n) is 4.41. The average Bonchev–Trinajstić information content (AvgIpc) is 2.73. The highest BCUT2D eigenvalue weighted by atomic mass is 32.2. The molecule has 2 unspecified atom stereocenters. The SMILES string of the molecule is CSc1ccc(C2CC(=O)NC3=C2C(=O)CC(c2ccc(OC(C)C)cc2)C3)cc1. The summed E-state index contributed by atoms with van der Waals surface area (Å²) in [7, 11) is 0. The topological polar surface area (TPSA) is 55.4 Å². The Balaban J connectivity index is 1.60. The second-order valence-corrected chi connectivity index (χ2v) is 9.11. The molecule has 0 saturated heterocycles. The van der Waals surface area contributed by atoms with E-state index in [0.29, 0.717) is 19.3 Å². The van der Waals surface area contributed by atoms with Crippen LogP contribution in [0.5, 0.6) is 5.75 Å². The number of allylic oxidation sites excluding steroid dienone is 2. The summed E-state index contributed by atoms with van der Waals surface area (Å²) in [5.41, 5.74) is 3.74. The highest BCUT2D eigenvalue weighted by molar-refractivity contribution is 7.98. The van der Waals surface area contributed by atoms with E-state index in [4.69, 9.17) is 4.74 Å². The molecule has 1 N–H and O–H groups in total. The van der Waals surface area contributed by atoms with Crippen molar-refractivity contribution in [2.45, 2.75) is 55.9 Å². The zero-order valence-corrected chi connectivity index (χ0v) is 18.4. The number of thioether (sulfide) groups is 1. The van der Waals surface area contributed by atoms with Gasteiger partial charge in [0.2, 0.25) is 5.91 Å². The van der Waals surface area contributed by atoms with Crippen LogP contribution in [0.2, 0.25) is 0 Å². The van der Waals surface area contributed by atoms with Crippen molar-refractivity contribution in [1.82, 2.24) is 5.32 Å². The van der Waals surface area contributed by atoms with Crippen LogP contribution in [0.3, 0.4) is 0 Å². The summed E-state index contributed by atoms with van der Waals surface area (Å²) in [4.78, 5) is 26.8. The molecule has 0 radical (unpaired) electrons. The van der Waals surface area contributed by atoms with Gasteiger partial charge in [0, 0.05) is 34.9 Å². The maximum Gasteiger partial charge on any atom is 0.225 e. The summed E-state index contributed by atoms with van der Waals surface area (Å²) >= 11 is 1.68. The van der Waals surface area contributed by atoms with Crippen LogP contribution < -0.4 is 10.1 Å². The summed E-state index contributed by atoms with van der Waals surface area (Å²) in [5, 5.41) is 3.00. The number of rotatable bonds is 5. The van der Waals surface area contributed by atoms with Crippen LogP contribution in [0, 0.1) is 0 Å². The summed E-state index contributed by atoms with van der Waals surface area (Å²) in [6, 6.07) is 16.2. The molecule has 0 fully saturated rings. The van der Waals surface area contributed by atoms with Gasteiger partial charge in [0.05, 0.1) is 6.10 Å². The largest absolute Gasteiger partial charge is 0.491 e. The molecule has 0 spiro atoms. The van der Waals surface area contributed by atoms with Crippen molar-refractivity contribution >= 4 is 23.5 Å². The molecule has 0 saturated carbocycles. The Morgan fingerprint density at radius 1 is 0.933 bits per heavy atom. The first-order chi connectivity index (χ1) is 14.4. The van der Waals surface area contributed by atoms with E-state index in [-0.39, 0.29) is 29.6 Å². The number of nitrogens with one attached hydrogen (secondary N) is 1. The fourth-order valence-corrected chi connectivity index (χ4v) is 4.82. The molecular formula is C25H27NO3S. The minimum Gasteiger partial charge on any atom is -0.491 e. The molecule has 1 heterocycles. The number of benzene rings is 2. The average molecular weight is 422 g/mol. The molecule has 2 aliphatic rings. The third-order valence-corrected chi connectivity index (χ3v) is 6.52. The highest BCUT2D eigenvalue weighted by Gasteiger charge is 2.38. The molecule has 0 aromatic heterocycles. The second kappa shape index (κ2) is 8.68. The zero-order chi connectivity index (χ0) is 21.3. The Kier molecular flexibility index (Phi) is 6.00. The zero-order valence-electron chi connectivity index (χ0n) is 17.6. The van der Waals surface area contributed by atoms with Crippen LogP contribution in [0.25, 0.3) is 0 Å². The number of Topliss-reactive ketones (excluding diaryl/α,β-unsaturated/α-hetero) is 1. The van der Waals surface area contributed by atoms with Gasteiger partial charge in [0.25, 0.3) is 0 Å². The molecule has 156 valence electrons. The molecule has 1 aliphatic heterocycles. The summed E-state index contributed by atoms with van der Waals surface area (Å²) < 4.78 is 5.72. The normalized spacial score (nSPS) is 21.5. The van der Waals surface area contributed by atoms with Gasteiger partial charge < -0.3 is 10.1 Å². The van der Waals surface area contributed by atoms with Crippen LogP contribution in [0.4, 0.5) is 0 Å².